The monoisotopic (exact) mass is 447 g/mol. The molecule has 0 unspecified atom stereocenters. The first kappa shape index (κ1) is 20.1. The van der Waals surface area contributed by atoms with Gasteiger partial charge in [0.25, 0.3) is 0 Å². The third kappa shape index (κ3) is 3.40. The van der Waals surface area contributed by atoms with E-state index in [1.807, 2.05) is 0 Å². The molecule has 1 heterocycles. The van der Waals surface area contributed by atoms with Crippen molar-refractivity contribution in [1.29, 1.82) is 0 Å². The number of nitrogens with zero attached hydrogens (tertiary/aromatic N) is 1. The molecule has 1 aliphatic carbocycles. The summed E-state index contributed by atoms with van der Waals surface area (Å²) in [4.78, 5) is 0. The van der Waals surface area contributed by atoms with Gasteiger partial charge in [-0.1, -0.05) is 85.0 Å². The van der Waals surface area contributed by atoms with Crippen molar-refractivity contribution in [2.75, 3.05) is 0 Å². The topological polar surface area (TPSA) is 4.93 Å². The number of rotatable bonds is 3. The first-order valence-corrected chi connectivity index (χ1v) is 12.3. The molecule has 0 saturated heterocycles. The van der Waals surface area contributed by atoms with E-state index < -0.39 is 0 Å². The number of allylic oxidation sites excluding steroid dienone is 4. The molecule has 6 aromatic rings. The fourth-order valence-electron chi connectivity index (χ4n) is 5.48. The van der Waals surface area contributed by atoms with Gasteiger partial charge in [-0.25, -0.2) is 0 Å². The summed E-state index contributed by atoms with van der Waals surface area (Å²) >= 11 is 0. The molecular weight excluding hydrogens is 422 g/mol. The molecule has 0 fully saturated rings. The van der Waals surface area contributed by atoms with Crippen LogP contribution < -0.4 is 0 Å². The Morgan fingerprint density at radius 3 is 2.26 bits per heavy atom. The zero-order chi connectivity index (χ0) is 23.2. The largest absolute Gasteiger partial charge is 0.316 e. The van der Waals surface area contributed by atoms with Crippen LogP contribution in [0.25, 0.3) is 54.8 Å². The van der Waals surface area contributed by atoms with E-state index in [1.54, 1.807) is 0 Å². The normalized spacial score (nSPS) is 13.5. The van der Waals surface area contributed by atoms with E-state index in [1.165, 1.54) is 60.4 Å². The SMILES string of the molecule is C1=CC(c2cc(-c3ccc4c(ccn4-c4cccc5ccccc45)c3)c3ccccc3c2)=CCC1. The van der Waals surface area contributed by atoms with Gasteiger partial charge in [0.2, 0.25) is 0 Å². The lowest BCUT2D eigenvalue weighted by Crippen LogP contribution is -1.93. The number of aromatic nitrogens is 1. The molecule has 0 amide bonds. The van der Waals surface area contributed by atoms with Crippen LogP contribution in [-0.4, -0.2) is 4.57 Å². The van der Waals surface area contributed by atoms with Crippen LogP contribution in [0.4, 0.5) is 0 Å². The first-order valence-electron chi connectivity index (χ1n) is 12.3. The molecule has 7 rings (SSSR count). The van der Waals surface area contributed by atoms with Crippen LogP contribution in [0, 0.1) is 0 Å². The van der Waals surface area contributed by atoms with Crippen molar-refractivity contribution in [2.24, 2.45) is 0 Å². The molecule has 0 N–H and O–H groups in total. The second-order valence-electron chi connectivity index (χ2n) is 9.34. The average Bonchev–Trinajstić information content (AvgIpc) is 3.36. The van der Waals surface area contributed by atoms with Crippen molar-refractivity contribution in [3.8, 4) is 16.8 Å². The quantitative estimate of drug-likeness (QED) is 0.255. The van der Waals surface area contributed by atoms with Crippen molar-refractivity contribution in [1.82, 2.24) is 4.57 Å². The maximum atomic E-state index is 2.37. The van der Waals surface area contributed by atoms with E-state index >= 15 is 0 Å². The Bertz CT molecular complexity index is 1790. The highest BCUT2D eigenvalue weighted by molar-refractivity contribution is 6.02. The maximum absolute atomic E-state index is 2.37. The number of fused-ring (bicyclic) bond motifs is 3. The molecule has 5 aromatic carbocycles. The Hall–Kier alpha value is -4.36. The van der Waals surface area contributed by atoms with Crippen molar-refractivity contribution in [3.63, 3.8) is 0 Å². The Morgan fingerprint density at radius 2 is 1.37 bits per heavy atom. The highest BCUT2D eigenvalue weighted by Gasteiger charge is 2.12. The summed E-state index contributed by atoms with van der Waals surface area (Å²) < 4.78 is 2.31. The number of benzene rings is 5. The van der Waals surface area contributed by atoms with Gasteiger partial charge in [-0.3, -0.25) is 0 Å². The first-order chi connectivity index (χ1) is 17.3. The summed E-state index contributed by atoms with van der Waals surface area (Å²) in [5.74, 6) is 0. The van der Waals surface area contributed by atoms with Gasteiger partial charge in [-0.05, 0) is 87.7 Å². The van der Waals surface area contributed by atoms with Crippen molar-refractivity contribution < 1.29 is 0 Å². The molecular formula is C34H25N. The average molecular weight is 448 g/mol. The van der Waals surface area contributed by atoms with Crippen molar-refractivity contribution >= 4 is 38.0 Å². The zero-order valence-corrected chi connectivity index (χ0v) is 19.5. The Labute approximate surface area is 205 Å². The Morgan fingerprint density at radius 1 is 0.571 bits per heavy atom. The second kappa shape index (κ2) is 8.14. The van der Waals surface area contributed by atoms with Gasteiger partial charge >= 0.3 is 0 Å². The lowest BCUT2D eigenvalue weighted by molar-refractivity contribution is 1.04. The summed E-state index contributed by atoms with van der Waals surface area (Å²) in [5.41, 5.74) is 7.61. The van der Waals surface area contributed by atoms with Gasteiger partial charge < -0.3 is 4.57 Å². The highest BCUT2D eigenvalue weighted by Crippen LogP contribution is 2.36. The molecule has 0 aliphatic heterocycles. The Balaban J connectivity index is 1.40. The number of hydrogen-bond donors (Lipinski definition) is 0. The molecule has 0 radical (unpaired) electrons. The van der Waals surface area contributed by atoms with E-state index in [9.17, 15) is 0 Å². The second-order valence-corrected chi connectivity index (χ2v) is 9.34. The lowest BCUT2D eigenvalue weighted by atomic mass is 9.91. The minimum atomic E-state index is 1.11. The predicted octanol–water partition coefficient (Wildman–Crippen LogP) is 9.34. The van der Waals surface area contributed by atoms with Crippen LogP contribution in [0.15, 0.2) is 128 Å². The minimum Gasteiger partial charge on any atom is -0.316 e. The van der Waals surface area contributed by atoms with Gasteiger partial charge in [0.15, 0.2) is 0 Å². The fourth-order valence-corrected chi connectivity index (χ4v) is 5.48. The van der Waals surface area contributed by atoms with Crippen LogP contribution in [-0.2, 0) is 0 Å². The highest BCUT2D eigenvalue weighted by atomic mass is 15.0. The molecule has 1 heteroatoms. The van der Waals surface area contributed by atoms with E-state index in [0.29, 0.717) is 0 Å². The summed E-state index contributed by atoms with van der Waals surface area (Å²) in [6, 6.07) is 37.7. The van der Waals surface area contributed by atoms with Gasteiger partial charge in [-0.15, -0.1) is 0 Å². The zero-order valence-electron chi connectivity index (χ0n) is 19.5. The fraction of sp³-hybridized carbons (Fsp3) is 0.0588. The summed E-state index contributed by atoms with van der Waals surface area (Å²) in [6.07, 6.45) is 11.4. The maximum Gasteiger partial charge on any atom is 0.0534 e. The summed E-state index contributed by atoms with van der Waals surface area (Å²) in [7, 11) is 0. The van der Waals surface area contributed by atoms with Crippen LogP contribution in [0.5, 0.6) is 0 Å². The molecule has 166 valence electrons. The van der Waals surface area contributed by atoms with Crippen LogP contribution in [0.1, 0.15) is 18.4 Å². The van der Waals surface area contributed by atoms with E-state index in [2.05, 4.69) is 132 Å². The lowest BCUT2D eigenvalue weighted by Gasteiger charge is -2.14. The van der Waals surface area contributed by atoms with Crippen LogP contribution in [0.2, 0.25) is 0 Å². The van der Waals surface area contributed by atoms with Gasteiger partial charge in [0.05, 0.1) is 11.2 Å². The Kier molecular flexibility index (Phi) is 4.67. The van der Waals surface area contributed by atoms with Gasteiger partial charge in [-0.2, -0.15) is 0 Å². The van der Waals surface area contributed by atoms with Crippen LogP contribution in [0.3, 0.4) is 0 Å². The number of hydrogen-bond acceptors (Lipinski definition) is 0. The van der Waals surface area contributed by atoms with Crippen molar-refractivity contribution in [3.05, 3.63) is 133 Å². The third-order valence-corrected chi connectivity index (χ3v) is 7.22. The van der Waals surface area contributed by atoms with E-state index in [4.69, 9.17) is 0 Å². The summed E-state index contributed by atoms with van der Waals surface area (Å²) in [5, 5.41) is 6.36. The van der Waals surface area contributed by atoms with Crippen molar-refractivity contribution in [2.45, 2.75) is 12.8 Å². The molecule has 0 spiro atoms. The molecule has 0 atom stereocenters. The van der Waals surface area contributed by atoms with E-state index in [-0.39, 0.29) is 0 Å². The molecule has 1 aliphatic rings. The molecule has 1 nitrogen and oxygen atoms in total. The van der Waals surface area contributed by atoms with Gasteiger partial charge in [0.1, 0.15) is 0 Å². The minimum absolute atomic E-state index is 1.11. The predicted molar refractivity (Wildman–Crippen MR) is 150 cm³/mol. The van der Waals surface area contributed by atoms with Crippen LogP contribution >= 0.6 is 0 Å². The third-order valence-electron chi connectivity index (χ3n) is 7.22. The standard InChI is InChI=1S/C34H25N/c1-2-9-24(10-3-1)29-22-26-12-5-6-14-30(26)32(23-29)27-17-18-33-28(21-27)19-20-35(33)34-16-8-13-25-11-4-7-15-31(25)34/h2,4-23H,1,3H2. The molecule has 1 aromatic heterocycles. The van der Waals surface area contributed by atoms with Gasteiger partial charge in [0, 0.05) is 17.0 Å². The summed E-state index contributed by atoms with van der Waals surface area (Å²) in [6.45, 7) is 0. The molecule has 35 heavy (non-hydrogen) atoms. The molecule has 0 saturated carbocycles. The molecule has 0 bridgehead atoms. The van der Waals surface area contributed by atoms with E-state index in [0.717, 1.165) is 12.8 Å². The smallest absolute Gasteiger partial charge is 0.0534 e.